The van der Waals surface area contributed by atoms with Gasteiger partial charge >= 0.3 is 0 Å². The first kappa shape index (κ1) is 15.0. The summed E-state index contributed by atoms with van der Waals surface area (Å²) in [5, 5.41) is 6.58. The number of rotatable bonds is 8. The number of nitrogens with one attached hydrogen (secondary N) is 1. The lowest BCUT2D eigenvalue weighted by Gasteiger charge is -2.23. The highest BCUT2D eigenvalue weighted by Gasteiger charge is 2.13. The fourth-order valence-corrected chi connectivity index (χ4v) is 2.92. The smallest absolute Gasteiger partial charge is 0.226 e. The van der Waals surface area contributed by atoms with Gasteiger partial charge in [0.1, 0.15) is 10.6 Å². The van der Waals surface area contributed by atoms with E-state index in [1.54, 1.807) is 11.3 Å². The van der Waals surface area contributed by atoms with Gasteiger partial charge in [-0.2, -0.15) is 4.98 Å². The van der Waals surface area contributed by atoms with E-state index in [0.29, 0.717) is 0 Å². The maximum absolute atomic E-state index is 4.75. The van der Waals surface area contributed by atoms with Crippen molar-refractivity contribution in [2.45, 2.75) is 40.0 Å². The molecule has 0 aliphatic rings. The minimum absolute atomic E-state index is 0.756. The van der Waals surface area contributed by atoms with Crippen LogP contribution in [0.15, 0.2) is 11.4 Å². The van der Waals surface area contributed by atoms with E-state index in [1.165, 1.54) is 18.2 Å². The molecule has 0 unspecified atom stereocenters. The van der Waals surface area contributed by atoms with E-state index in [9.17, 15) is 0 Å². The van der Waals surface area contributed by atoms with Crippen LogP contribution in [0, 0.1) is 0 Å². The van der Waals surface area contributed by atoms with Crippen molar-refractivity contribution < 1.29 is 0 Å². The highest BCUT2D eigenvalue weighted by molar-refractivity contribution is 7.16. The summed E-state index contributed by atoms with van der Waals surface area (Å²) in [6.07, 6.45) is 3.48. The number of thiophene rings is 1. The molecule has 2 rings (SSSR count). The molecule has 0 spiro atoms. The van der Waals surface area contributed by atoms with Crippen LogP contribution in [0.4, 0.5) is 11.8 Å². The molecule has 1 N–H and O–H groups in total. The number of unbranched alkanes of at least 4 members (excludes halogenated alkanes) is 1. The summed E-state index contributed by atoms with van der Waals surface area (Å²) in [4.78, 5) is 12.8. The van der Waals surface area contributed by atoms with E-state index in [1.807, 2.05) is 0 Å². The minimum Gasteiger partial charge on any atom is -0.356 e. The van der Waals surface area contributed by atoms with Gasteiger partial charge in [-0.1, -0.05) is 20.3 Å². The van der Waals surface area contributed by atoms with Gasteiger partial charge in [0, 0.05) is 19.6 Å². The van der Waals surface area contributed by atoms with Crippen LogP contribution in [0.2, 0.25) is 0 Å². The Kier molecular flexibility index (Phi) is 5.59. The Labute approximate surface area is 125 Å². The number of aromatic nitrogens is 2. The summed E-state index contributed by atoms with van der Waals surface area (Å²) in [7, 11) is 0. The molecule has 0 aromatic carbocycles. The highest BCUT2D eigenvalue weighted by Crippen LogP contribution is 2.29. The van der Waals surface area contributed by atoms with Gasteiger partial charge in [0.2, 0.25) is 5.95 Å². The Morgan fingerprint density at radius 1 is 1.20 bits per heavy atom. The molecule has 0 amide bonds. The van der Waals surface area contributed by atoms with Crippen LogP contribution in [0.3, 0.4) is 0 Å². The van der Waals surface area contributed by atoms with Gasteiger partial charge in [0.15, 0.2) is 0 Å². The Morgan fingerprint density at radius 3 is 2.75 bits per heavy atom. The van der Waals surface area contributed by atoms with Crippen LogP contribution in [-0.2, 0) is 0 Å². The average molecular weight is 292 g/mol. The van der Waals surface area contributed by atoms with Gasteiger partial charge < -0.3 is 10.2 Å². The van der Waals surface area contributed by atoms with E-state index in [0.717, 1.165) is 42.7 Å². The zero-order valence-electron chi connectivity index (χ0n) is 12.6. The first-order valence-corrected chi connectivity index (χ1v) is 8.42. The third kappa shape index (κ3) is 3.39. The molecule has 0 radical (unpaired) electrons. The normalized spacial score (nSPS) is 10.9. The molecule has 0 fully saturated rings. The van der Waals surface area contributed by atoms with Crippen molar-refractivity contribution in [3.05, 3.63) is 11.4 Å². The lowest BCUT2D eigenvalue weighted by atomic mass is 10.3. The van der Waals surface area contributed by atoms with Gasteiger partial charge in [-0.3, -0.25) is 0 Å². The second-order valence-electron chi connectivity index (χ2n) is 4.87. The Balaban J connectivity index is 2.34. The van der Waals surface area contributed by atoms with Crippen molar-refractivity contribution in [2.24, 2.45) is 0 Å². The maximum atomic E-state index is 4.75. The van der Waals surface area contributed by atoms with Gasteiger partial charge in [0.25, 0.3) is 0 Å². The molecule has 0 bridgehead atoms. The van der Waals surface area contributed by atoms with Crippen LogP contribution >= 0.6 is 11.3 Å². The van der Waals surface area contributed by atoms with Gasteiger partial charge in [0.05, 0.1) is 5.39 Å². The number of hydrogen-bond donors (Lipinski definition) is 1. The number of nitrogens with zero attached hydrogens (tertiary/aromatic N) is 3. The van der Waals surface area contributed by atoms with E-state index in [2.05, 4.69) is 47.4 Å². The molecule has 4 nitrogen and oxygen atoms in total. The van der Waals surface area contributed by atoms with Crippen LogP contribution in [-0.4, -0.2) is 29.6 Å². The SMILES string of the molecule is CCCCN(CC)c1nc(NCCC)nc2sccc12. The lowest BCUT2D eigenvalue weighted by molar-refractivity contribution is 0.726. The van der Waals surface area contributed by atoms with Crippen molar-refractivity contribution in [1.29, 1.82) is 0 Å². The summed E-state index contributed by atoms with van der Waals surface area (Å²) in [6.45, 7) is 9.52. The maximum Gasteiger partial charge on any atom is 0.226 e. The van der Waals surface area contributed by atoms with Crippen LogP contribution < -0.4 is 10.2 Å². The summed E-state index contributed by atoms with van der Waals surface area (Å²) >= 11 is 1.68. The molecular weight excluding hydrogens is 268 g/mol. The van der Waals surface area contributed by atoms with E-state index in [-0.39, 0.29) is 0 Å². The number of anilines is 2. The summed E-state index contributed by atoms with van der Waals surface area (Å²) in [5.41, 5.74) is 0. The fourth-order valence-electron chi connectivity index (χ4n) is 2.16. The minimum atomic E-state index is 0.756. The molecule has 5 heteroatoms. The first-order valence-electron chi connectivity index (χ1n) is 7.54. The Hall–Kier alpha value is -1.36. The lowest BCUT2D eigenvalue weighted by Crippen LogP contribution is -2.25. The number of fused-ring (bicyclic) bond motifs is 1. The van der Waals surface area contributed by atoms with E-state index < -0.39 is 0 Å². The molecule has 0 aliphatic carbocycles. The molecule has 2 aromatic heterocycles. The third-order valence-electron chi connectivity index (χ3n) is 3.30. The Morgan fingerprint density at radius 2 is 2.05 bits per heavy atom. The molecule has 20 heavy (non-hydrogen) atoms. The Bertz CT molecular complexity index is 538. The predicted octanol–water partition coefficient (Wildman–Crippen LogP) is 4.14. The molecule has 0 atom stereocenters. The van der Waals surface area contributed by atoms with E-state index >= 15 is 0 Å². The van der Waals surface area contributed by atoms with E-state index in [4.69, 9.17) is 4.98 Å². The average Bonchev–Trinajstić information content (AvgIpc) is 2.94. The topological polar surface area (TPSA) is 41.1 Å². The van der Waals surface area contributed by atoms with Crippen molar-refractivity contribution in [2.75, 3.05) is 29.9 Å². The summed E-state index contributed by atoms with van der Waals surface area (Å²) < 4.78 is 0. The zero-order valence-corrected chi connectivity index (χ0v) is 13.5. The molecule has 0 aliphatic heterocycles. The fraction of sp³-hybridized carbons (Fsp3) is 0.600. The van der Waals surface area contributed by atoms with Crippen LogP contribution in [0.5, 0.6) is 0 Å². The molecule has 2 aromatic rings. The van der Waals surface area contributed by atoms with Gasteiger partial charge in [-0.25, -0.2) is 4.98 Å². The third-order valence-corrected chi connectivity index (χ3v) is 4.11. The van der Waals surface area contributed by atoms with Crippen molar-refractivity contribution in [1.82, 2.24) is 9.97 Å². The molecule has 0 saturated carbocycles. The van der Waals surface area contributed by atoms with Gasteiger partial charge in [-0.15, -0.1) is 11.3 Å². The van der Waals surface area contributed by atoms with Crippen LogP contribution in [0.25, 0.3) is 10.2 Å². The van der Waals surface area contributed by atoms with Crippen molar-refractivity contribution in [3.63, 3.8) is 0 Å². The zero-order chi connectivity index (χ0) is 14.4. The van der Waals surface area contributed by atoms with Crippen molar-refractivity contribution >= 4 is 33.3 Å². The summed E-state index contributed by atoms with van der Waals surface area (Å²) in [5.74, 6) is 1.83. The van der Waals surface area contributed by atoms with Gasteiger partial charge in [-0.05, 0) is 31.2 Å². The molecule has 110 valence electrons. The quantitative estimate of drug-likeness (QED) is 0.794. The molecule has 0 saturated heterocycles. The monoisotopic (exact) mass is 292 g/mol. The van der Waals surface area contributed by atoms with Crippen LogP contribution in [0.1, 0.15) is 40.0 Å². The predicted molar refractivity (Wildman–Crippen MR) is 89.0 cm³/mol. The highest BCUT2D eigenvalue weighted by atomic mass is 32.1. The first-order chi connectivity index (χ1) is 9.80. The number of hydrogen-bond acceptors (Lipinski definition) is 5. The largest absolute Gasteiger partial charge is 0.356 e. The van der Waals surface area contributed by atoms with Crippen molar-refractivity contribution in [3.8, 4) is 0 Å². The standard InChI is InChI=1S/C15H24N4S/c1-4-7-10-19(6-3)13-12-8-11-20-14(12)18-15(17-13)16-9-5-2/h8,11H,4-7,9-10H2,1-3H3,(H,16,17,18). The molecular formula is C15H24N4S. The second kappa shape index (κ2) is 7.43. The molecule has 2 heterocycles. The summed E-state index contributed by atoms with van der Waals surface area (Å²) in [6, 6.07) is 2.13. The second-order valence-corrected chi connectivity index (χ2v) is 5.76.